The summed E-state index contributed by atoms with van der Waals surface area (Å²) in [6.07, 6.45) is 0.346. The molecule has 1 unspecified atom stereocenters. The number of hydrogen-bond donors (Lipinski definition) is 1. The van der Waals surface area contributed by atoms with Crippen molar-refractivity contribution in [3.8, 4) is 16.9 Å². The van der Waals surface area contributed by atoms with Crippen molar-refractivity contribution in [2.24, 2.45) is 0 Å². The Labute approximate surface area is 106 Å². The zero-order chi connectivity index (χ0) is 12.6. The van der Waals surface area contributed by atoms with Crippen LogP contribution in [-0.2, 0) is 4.57 Å². The Kier molecular flexibility index (Phi) is 2.73. The lowest BCUT2D eigenvalue weighted by Crippen LogP contribution is -2.24. The molecule has 92 valence electrons. The lowest BCUT2D eigenvalue weighted by atomic mass is 10.0. The van der Waals surface area contributed by atoms with Gasteiger partial charge in [0.2, 0.25) is 0 Å². The minimum Gasteiger partial charge on any atom is -0.438 e. The summed E-state index contributed by atoms with van der Waals surface area (Å²) >= 11 is 0. The fourth-order valence-corrected chi connectivity index (χ4v) is 4.40. The number of nitrogens with one attached hydrogen (secondary N) is 1. The quantitative estimate of drug-likeness (QED) is 0.843. The van der Waals surface area contributed by atoms with Crippen LogP contribution in [0.1, 0.15) is 0 Å². The number of benzene rings is 2. The molecule has 0 spiro atoms. The molecule has 2 aromatic carbocycles. The first-order valence-corrected chi connectivity index (χ1v) is 7.68. The van der Waals surface area contributed by atoms with Gasteiger partial charge in [-0.2, -0.15) is 0 Å². The number of fused-ring (bicyclic) bond motifs is 3. The maximum atomic E-state index is 12.9. The Bertz CT molecular complexity index is 639. The molecule has 2 aromatic rings. The van der Waals surface area contributed by atoms with Gasteiger partial charge in [0.1, 0.15) is 5.75 Å². The smallest absolute Gasteiger partial charge is 0.291 e. The largest absolute Gasteiger partial charge is 0.438 e. The molecule has 1 N–H and O–H groups in total. The van der Waals surface area contributed by atoms with Gasteiger partial charge in [-0.3, -0.25) is 4.57 Å². The molecule has 0 saturated heterocycles. The summed E-state index contributed by atoms with van der Waals surface area (Å²) in [4.78, 5) is 0. The van der Waals surface area contributed by atoms with Crippen LogP contribution in [0.5, 0.6) is 5.75 Å². The molecule has 3 rings (SSSR count). The Morgan fingerprint density at radius 1 is 1.06 bits per heavy atom. The van der Waals surface area contributed by atoms with Gasteiger partial charge in [-0.25, -0.2) is 0 Å². The van der Waals surface area contributed by atoms with E-state index < -0.39 is 7.37 Å². The summed E-state index contributed by atoms with van der Waals surface area (Å²) in [6.45, 7) is 0. The highest BCUT2D eigenvalue weighted by molar-refractivity contribution is 7.67. The molecule has 0 saturated carbocycles. The second kappa shape index (κ2) is 4.27. The third-order valence-electron chi connectivity index (χ3n) is 3.06. The molecule has 0 fully saturated rings. The van der Waals surface area contributed by atoms with Crippen LogP contribution in [0.25, 0.3) is 11.1 Å². The van der Waals surface area contributed by atoms with Gasteiger partial charge in [-0.05, 0) is 24.7 Å². The molecule has 4 heteroatoms. The summed E-state index contributed by atoms with van der Waals surface area (Å²) in [5, 5.41) is 3.77. The summed E-state index contributed by atoms with van der Waals surface area (Å²) < 4.78 is 18.7. The molecule has 1 heterocycles. The van der Waals surface area contributed by atoms with Crippen molar-refractivity contribution in [3.63, 3.8) is 0 Å². The number of para-hydroxylation sites is 1. The highest BCUT2D eigenvalue weighted by Crippen LogP contribution is 2.53. The molecule has 0 aromatic heterocycles. The molecular weight excluding hydrogens is 245 g/mol. The van der Waals surface area contributed by atoms with E-state index in [1.165, 1.54) is 0 Å². The molecule has 3 nitrogen and oxygen atoms in total. The fraction of sp³-hybridized carbons (Fsp3) is 0.143. The first kappa shape index (κ1) is 11.5. The van der Waals surface area contributed by atoms with Gasteiger partial charge in [-0.1, -0.05) is 36.4 Å². The summed E-state index contributed by atoms with van der Waals surface area (Å²) in [5.74, 6) is 0.704. The van der Waals surface area contributed by atoms with Crippen molar-refractivity contribution >= 4 is 12.7 Å². The SMILES string of the molecule is CNCP1(=O)Oc2ccccc2-c2ccccc21. The Morgan fingerprint density at radius 3 is 2.50 bits per heavy atom. The van der Waals surface area contributed by atoms with E-state index in [9.17, 15) is 4.57 Å². The molecule has 1 aliphatic heterocycles. The highest BCUT2D eigenvalue weighted by atomic mass is 31.2. The molecular formula is C14H14NO2P. The average Bonchev–Trinajstić information content (AvgIpc) is 2.39. The zero-order valence-electron chi connectivity index (χ0n) is 10.1. The molecule has 0 bridgehead atoms. The van der Waals surface area contributed by atoms with Crippen molar-refractivity contribution in [2.45, 2.75) is 0 Å². The van der Waals surface area contributed by atoms with E-state index in [1.807, 2.05) is 48.5 Å². The van der Waals surface area contributed by atoms with Crippen LogP contribution in [0.15, 0.2) is 48.5 Å². The predicted octanol–water partition coefficient (Wildman–Crippen LogP) is 2.83. The van der Waals surface area contributed by atoms with E-state index in [-0.39, 0.29) is 0 Å². The third kappa shape index (κ3) is 1.67. The van der Waals surface area contributed by atoms with Gasteiger partial charge in [0.25, 0.3) is 7.37 Å². The Balaban J connectivity index is 2.26. The van der Waals surface area contributed by atoms with Crippen molar-refractivity contribution in [2.75, 3.05) is 13.3 Å². The standard InChI is InChI=1S/C14H14NO2P/c1-15-10-18(16)14-9-5-3-7-12(14)11-6-2-4-8-13(11)17-18/h2-9,15H,10H2,1H3. The summed E-state index contributed by atoms with van der Waals surface area (Å²) in [5.41, 5.74) is 2.02. The van der Waals surface area contributed by atoms with Crippen molar-refractivity contribution in [1.82, 2.24) is 5.32 Å². The normalized spacial score (nSPS) is 20.7. The fourth-order valence-electron chi connectivity index (χ4n) is 2.30. The summed E-state index contributed by atoms with van der Waals surface area (Å²) in [6, 6.07) is 15.5. The average molecular weight is 259 g/mol. The van der Waals surface area contributed by atoms with E-state index in [1.54, 1.807) is 7.05 Å². The van der Waals surface area contributed by atoms with Crippen LogP contribution < -0.4 is 15.1 Å². The summed E-state index contributed by atoms with van der Waals surface area (Å²) in [7, 11) is -1.06. The topological polar surface area (TPSA) is 38.3 Å². The van der Waals surface area contributed by atoms with Gasteiger partial charge in [0.15, 0.2) is 0 Å². The molecule has 18 heavy (non-hydrogen) atoms. The van der Waals surface area contributed by atoms with Gasteiger partial charge in [-0.15, -0.1) is 0 Å². The predicted molar refractivity (Wildman–Crippen MR) is 73.7 cm³/mol. The van der Waals surface area contributed by atoms with Gasteiger partial charge in [0.05, 0.1) is 11.6 Å². The van der Waals surface area contributed by atoms with Crippen molar-refractivity contribution < 1.29 is 9.09 Å². The van der Waals surface area contributed by atoms with E-state index in [4.69, 9.17) is 4.52 Å². The van der Waals surface area contributed by atoms with Crippen molar-refractivity contribution in [1.29, 1.82) is 0 Å². The minimum absolute atomic E-state index is 0.346. The lowest BCUT2D eigenvalue weighted by Gasteiger charge is -2.28. The van der Waals surface area contributed by atoms with Crippen LogP contribution >= 0.6 is 7.37 Å². The molecule has 1 atom stereocenters. The van der Waals surface area contributed by atoms with Crippen LogP contribution in [0.2, 0.25) is 0 Å². The van der Waals surface area contributed by atoms with E-state index in [2.05, 4.69) is 5.32 Å². The number of hydrogen-bond acceptors (Lipinski definition) is 3. The number of rotatable bonds is 2. The van der Waals surface area contributed by atoms with Crippen LogP contribution in [0.4, 0.5) is 0 Å². The minimum atomic E-state index is -2.85. The van der Waals surface area contributed by atoms with E-state index >= 15 is 0 Å². The van der Waals surface area contributed by atoms with Crippen LogP contribution in [0.3, 0.4) is 0 Å². The Hall–Kier alpha value is -1.57. The van der Waals surface area contributed by atoms with E-state index in [0.717, 1.165) is 16.4 Å². The lowest BCUT2D eigenvalue weighted by molar-refractivity contribution is 0.487. The molecule has 1 aliphatic rings. The van der Waals surface area contributed by atoms with Gasteiger partial charge in [0, 0.05) is 5.56 Å². The van der Waals surface area contributed by atoms with E-state index in [0.29, 0.717) is 12.0 Å². The molecule has 0 aliphatic carbocycles. The monoisotopic (exact) mass is 259 g/mol. The molecule has 0 radical (unpaired) electrons. The zero-order valence-corrected chi connectivity index (χ0v) is 11.0. The second-order valence-electron chi connectivity index (χ2n) is 4.29. The molecule has 0 amide bonds. The van der Waals surface area contributed by atoms with Gasteiger partial charge < -0.3 is 9.84 Å². The van der Waals surface area contributed by atoms with Gasteiger partial charge >= 0.3 is 0 Å². The van der Waals surface area contributed by atoms with Crippen molar-refractivity contribution in [3.05, 3.63) is 48.5 Å². The highest BCUT2D eigenvalue weighted by Gasteiger charge is 2.34. The Morgan fingerprint density at radius 2 is 1.72 bits per heavy atom. The second-order valence-corrected chi connectivity index (χ2v) is 6.62. The van der Waals surface area contributed by atoms with Crippen LogP contribution in [-0.4, -0.2) is 13.3 Å². The third-order valence-corrected chi connectivity index (χ3v) is 5.41. The maximum Gasteiger partial charge on any atom is 0.291 e. The maximum absolute atomic E-state index is 12.9. The van der Waals surface area contributed by atoms with Crippen LogP contribution in [0, 0.1) is 0 Å². The first-order chi connectivity index (χ1) is 8.74. The first-order valence-electron chi connectivity index (χ1n) is 5.87.